The van der Waals surface area contributed by atoms with Crippen LogP contribution in [0.3, 0.4) is 0 Å². The average molecular weight is 324 g/mol. The number of hydrogen-bond acceptors (Lipinski definition) is 3. The van der Waals surface area contributed by atoms with Gasteiger partial charge < -0.3 is 10.1 Å². The van der Waals surface area contributed by atoms with Crippen molar-refractivity contribution in [2.75, 3.05) is 12.4 Å². The lowest BCUT2D eigenvalue weighted by Gasteiger charge is -2.21. The number of hydrogen-bond donors (Lipinski definition) is 1. The minimum absolute atomic E-state index is 0.0607. The summed E-state index contributed by atoms with van der Waals surface area (Å²) >= 11 is 6.07. The Hall–Kier alpha value is -1.55. The van der Waals surface area contributed by atoms with Crippen LogP contribution in [-0.4, -0.2) is 19.0 Å². The fourth-order valence-electron chi connectivity index (χ4n) is 2.89. The van der Waals surface area contributed by atoms with Crippen LogP contribution >= 0.6 is 11.6 Å². The number of esters is 1. The number of halogens is 1. The molecule has 22 heavy (non-hydrogen) atoms. The van der Waals surface area contributed by atoms with Crippen molar-refractivity contribution in [2.24, 2.45) is 5.92 Å². The van der Waals surface area contributed by atoms with E-state index in [1.54, 1.807) is 18.2 Å². The predicted molar refractivity (Wildman–Crippen MR) is 87.2 cm³/mol. The SMILES string of the molecule is COC(=O)c1ccc(Cl)c(NC(=O)CCC2CCCCC2)c1. The van der Waals surface area contributed by atoms with Crippen LogP contribution < -0.4 is 5.32 Å². The summed E-state index contributed by atoms with van der Waals surface area (Å²) in [5.41, 5.74) is 0.827. The molecule has 1 N–H and O–H groups in total. The van der Waals surface area contributed by atoms with Gasteiger partial charge in [-0.2, -0.15) is 0 Å². The first kappa shape index (κ1) is 16.8. The number of methoxy groups -OCH3 is 1. The zero-order valence-electron chi connectivity index (χ0n) is 12.9. The lowest BCUT2D eigenvalue weighted by atomic mass is 9.86. The van der Waals surface area contributed by atoms with Crippen molar-refractivity contribution < 1.29 is 14.3 Å². The number of nitrogens with one attached hydrogen (secondary N) is 1. The first-order chi connectivity index (χ1) is 10.6. The van der Waals surface area contributed by atoms with Crippen LogP contribution in [0.25, 0.3) is 0 Å². The highest BCUT2D eigenvalue weighted by Gasteiger charge is 2.16. The average Bonchev–Trinajstić information content (AvgIpc) is 2.55. The molecule has 2 rings (SSSR count). The maximum Gasteiger partial charge on any atom is 0.337 e. The Kier molecular flexibility index (Phi) is 6.25. The normalized spacial score (nSPS) is 15.4. The number of carbonyl (C=O) groups is 2. The fraction of sp³-hybridized carbons (Fsp3) is 0.529. The molecule has 1 aromatic rings. The third-order valence-electron chi connectivity index (χ3n) is 4.17. The summed E-state index contributed by atoms with van der Waals surface area (Å²) in [4.78, 5) is 23.6. The van der Waals surface area contributed by atoms with Gasteiger partial charge in [0.25, 0.3) is 0 Å². The highest BCUT2D eigenvalue weighted by atomic mass is 35.5. The highest BCUT2D eigenvalue weighted by Crippen LogP contribution is 2.28. The Morgan fingerprint density at radius 1 is 1.27 bits per heavy atom. The van der Waals surface area contributed by atoms with E-state index >= 15 is 0 Å². The summed E-state index contributed by atoms with van der Waals surface area (Å²) in [7, 11) is 1.32. The van der Waals surface area contributed by atoms with Crippen LogP contribution in [0.5, 0.6) is 0 Å². The van der Waals surface area contributed by atoms with E-state index < -0.39 is 5.97 Å². The molecule has 0 radical (unpaired) electrons. The molecule has 1 amide bonds. The van der Waals surface area contributed by atoms with E-state index in [-0.39, 0.29) is 5.91 Å². The molecule has 0 unspecified atom stereocenters. The van der Waals surface area contributed by atoms with Crippen molar-refractivity contribution >= 4 is 29.2 Å². The van der Waals surface area contributed by atoms with Gasteiger partial charge in [-0.1, -0.05) is 43.7 Å². The van der Waals surface area contributed by atoms with E-state index in [4.69, 9.17) is 11.6 Å². The number of anilines is 1. The number of amides is 1. The molecule has 1 saturated carbocycles. The maximum absolute atomic E-state index is 12.1. The third kappa shape index (κ3) is 4.73. The molecule has 120 valence electrons. The molecule has 1 aromatic carbocycles. The minimum atomic E-state index is -0.450. The van der Waals surface area contributed by atoms with E-state index in [2.05, 4.69) is 10.1 Å². The van der Waals surface area contributed by atoms with Gasteiger partial charge in [-0.25, -0.2) is 4.79 Å². The Morgan fingerprint density at radius 3 is 2.68 bits per heavy atom. The first-order valence-electron chi connectivity index (χ1n) is 7.78. The molecule has 1 aliphatic carbocycles. The van der Waals surface area contributed by atoms with Crippen molar-refractivity contribution in [3.63, 3.8) is 0 Å². The zero-order chi connectivity index (χ0) is 15.9. The topological polar surface area (TPSA) is 55.4 Å². The van der Waals surface area contributed by atoms with Gasteiger partial charge in [0.05, 0.1) is 23.4 Å². The van der Waals surface area contributed by atoms with Crippen LogP contribution in [0, 0.1) is 5.92 Å². The molecule has 5 heteroatoms. The van der Waals surface area contributed by atoms with E-state index in [0.29, 0.717) is 28.6 Å². The molecule has 0 bridgehead atoms. The molecule has 1 aliphatic rings. The quantitative estimate of drug-likeness (QED) is 0.816. The molecular weight excluding hydrogens is 302 g/mol. The molecule has 0 atom stereocenters. The van der Waals surface area contributed by atoms with Crippen LogP contribution in [0.1, 0.15) is 55.3 Å². The Balaban J connectivity index is 1.91. The molecule has 0 aliphatic heterocycles. The Morgan fingerprint density at radius 2 is 2.00 bits per heavy atom. The Labute approximate surface area is 136 Å². The number of rotatable bonds is 5. The van der Waals surface area contributed by atoms with Gasteiger partial charge in [0, 0.05) is 6.42 Å². The lowest BCUT2D eigenvalue weighted by Crippen LogP contribution is -2.15. The molecule has 4 nitrogen and oxygen atoms in total. The van der Waals surface area contributed by atoms with E-state index in [1.165, 1.54) is 39.2 Å². The molecule has 1 fully saturated rings. The largest absolute Gasteiger partial charge is 0.465 e. The summed E-state index contributed by atoms with van der Waals surface area (Å²) in [6.45, 7) is 0. The number of benzene rings is 1. The Bertz CT molecular complexity index is 539. The molecule has 0 saturated heterocycles. The first-order valence-corrected chi connectivity index (χ1v) is 8.15. The van der Waals surface area contributed by atoms with Crippen molar-refractivity contribution in [1.82, 2.24) is 0 Å². The zero-order valence-corrected chi connectivity index (χ0v) is 13.6. The van der Waals surface area contributed by atoms with Crippen molar-refractivity contribution in [3.05, 3.63) is 28.8 Å². The second kappa shape index (κ2) is 8.18. The van der Waals surface area contributed by atoms with Gasteiger partial charge in [0.2, 0.25) is 5.91 Å². The van der Waals surface area contributed by atoms with Gasteiger partial charge in [0.15, 0.2) is 0 Å². The van der Waals surface area contributed by atoms with E-state index in [0.717, 1.165) is 6.42 Å². The van der Waals surface area contributed by atoms with Gasteiger partial charge in [-0.05, 0) is 30.5 Å². The predicted octanol–water partition coefficient (Wildman–Crippen LogP) is 4.43. The third-order valence-corrected chi connectivity index (χ3v) is 4.50. The maximum atomic E-state index is 12.1. The summed E-state index contributed by atoms with van der Waals surface area (Å²) in [6, 6.07) is 4.71. The summed E-state index contributed by atoms with van der Waals surface area (Å²) in [6.07, 6.45) is 7.73. The van der Waals surface area contributed by atoms with Gasteiger partial charge in [-0.15, -0.1) is 0 Å². The minimum Gasteiger partial charge on any atom is -0.465 e. The van der Waals surface area contributed by atoms with Crippen LogP contribution in [0.4, 0.5) is 5.69 Å². The molecular formula is C17H22ClNO3. The highest BCUT2D eigenvalue weighted by molar-refractivity contribution is 6.33. The number of carbonyl (C=O) groups excluding carboxylic acids is 2. The van der Waals surface area contributed by atoms with Crippen LogP contribution in [-0.2, 0) is 9.53 Å². The second-order valence-corrected chi connectivity index (χ2v) is 6.18. The van der Waals surface area contributed by atoms with E-state index in [1.807, 2.05) is 0 Å². The standard InChI is InChI=1S/C17H22ClNO3/c1-22-17(21)13-8-9-14(18)15(11-13)19-16(20)10-7-12-5-3-2-4-6-12/h8-9,11-12H,2-7,10H2,1H3,(H,19,20). The van der Waals surface area contributed by atoms with Gasteiger partial charge in [-0.3, -0.25) is 4.79 Å². The molecule has 0 heterocycles. The summed E-state index contributed by atoms with van der Waals surface area (Å²) in [5.74, 6) is 0.153. The molecule has 0 spiro atoms. The van der Waals surface area contributed by atoms with Crippen molar-refractivity contribution in [1.29, 1.82) is 0 Å². The second-order valence-electron chi connectivity index (χ2n) is 5.78. The van der Waals surface area contributed by atoms with Crippen molar-refractivity contribution in [2.45, 2.75) is 44.9 Å². The van der Waals surface area contributed by atoms with Crippen LogP contribution in [0.15, 0.2) is 18.2 Å². The summed E-state index contributed by atoms with van der Waals surface area (Å²) in [5, 5.41) is 3.21. The number of ether oxygens (including phenoxy) is 1. The lowest BCUT2D eigenvalue weighted by molar-refractivity contribution is -0.116. The van der Waals surface area contributed by atoms with Gasteiger partial charge in [0.1, 0.15) is 0 Å². The monoisotopic (exact) mass is 323 g/mol. The van der Waals surface area contributed by atoms with Crippen molar-refractivity contribution in [3.8, 4) is 0 Å². The van der Waals surface area contributed by atoms with Gasteiger partial charge >= 0.3 is 5.97 Å². The summed E-state index contributed by atoms with van der Waals surface area (Å²) < 4.78 is 4.67. The van der Waals surface area contributed by atoms with Crippen LogP contribution in [0.2, 0.25) is 5.02 Å². The van der Waals surface area contributed by atoms with E-state index in [9.17, 15) is 9.59 Å². The fourth-order valence-corrected chi connectivity index (χ4v) is 3.05. The molecule has 0 aromatic heterocycles. The smallest absolute Gasteiger partial charge is 0.337 e.